The first-order valence-corrected chi connectivity index (χ1v) is 7.65. The molecule has 1 heterocycles. The van der Waals surface area contributed by atoms with E-state index in [1.165, 1.54) is 6.08 Å². The van der Waals surface area contributed by atoms with Crippen molar-refractivity contribution in [3.63, 3.8) is 0 Å². The van der Waals surface area contributed by atoms with E-state index < -0.39 is 5.97 Å². The third-order valence-corrected chi connectivity index (χ3v) is 3.73. The van der Waals surface area contributed by atoms with Crippen molar-refractivity contribution in [3.8, 4) is 5.75 Å². The highest BCUT2D eigenvalue weighted by molar-refractivity contribution is 7.17. The first kappa shape index (κ1) is 16.7. The van der Waals surface area contributed by atoms with Crippen LogP contribution < -0.4 is 10.1 Å². The number of thiazole rings is 1. The van der Waals surface area contributed by atoms with Crippen LogP contribution in [0, 0.1) is 6.92 Å². The van der Waals surface area contributed by atoms with Crippen LogP contribution in [0.5, 0.6) is 5.75 Å². The maximum Gasteiger partial charge on any atom is 0.350 e. The van der Waals surface area contributed by atoms with Gasteiger partial charge in [0.1, 0.15) is 17.2 Å². The number of ether oxygens (including phenoxy) is 2. The molecule has 0 saturated heterocycles. The Labute approximate surface area is 137 Å². The quantitative estimate of drug-likeness (QED) is 0.623. The third kappa shape index (κ3) is 4.93. The van der Waals surface area contributed by atoms with Crippen LogP contribution in [-0.2, 0) is 9.53 Å². The molecule has 1 aromatic heterocycles. The molecule has 1 amide bonds. The highest BCUT2D eigenvalue weighted by Crippen LogP contribution is 2.23. The first-order chi connectivity index (χ1) is 11.1. The van der Waals surface area contributed by atoms with Gasteiger partial charge in [-0.25, -0.2) is 9.78 Å². The maximum absolute atomic E-state index is 11.8. The van der Waals surface area contributed by atoms with Crippen LogP contribution in [0.3, 0.4) is 0 Å². The lowest BCUT2D eigenvalue weighted by Crippen LogP contribution is -2.20. The summed E-state index contributed by atoms with van der Waals surface area (Å²) in [6, 6.07) is 9.01. The number of amides is 1. The van der Waals surface area contributed by atoms with Gasteiger partial charge in [0.25, 0.3) is 5.91 Å². The van der Waals surface area contributed by atoms with Crippen molar-refractivity contribution in [2.45, 2.75) is 6.92 Å². The summed E-state index contributed by atoms with van der Waals surface area (Å²) in [4.78, 5) is 28.1. The van der Waals surface area contributed by atoms with Crippen LogP contribution in [0.25, 0.3) is 0 Å². The third-order valence-electron chi connectivity index (χ3n) is 2.67. The number of nitrogens with one attached hydrogen (secondary N) is 1. The van der Waals surface area contributed by atoms with Gasteiger partial charge in [0.05, 0.1) is 5.69 Å². The van der Waals surface area contributed by atoms with E-state index in [1.807, 2.05) is 18.2 Å². The SMILES string of the molecule is C=CCOC(=O)c1sc(NC(=O)COc2ccccc2)nc1C. The molecule has 120 valence electrons. The molecule has 2 rings (SSSR count). The minimum Gasteiger partial charge on any atom is -0.484 e. The zero-order chi connectivity index (χ0) is 16.7. The molecule has 23 heavy (non-hydrogen) atoms. The zero-order valence-electron chi connectivity index (χ0n) is 12.6. The van der Waals surface area contributed by atoms with Crippen molar-refractivity contribution >= 4 is 28.3 Å². The van der Waals surface area contributed by atoms with E-state index in [9.17, 15) is 9.59 Å². The summed E-state index contributed by atoms with van der Waals surface area (Å²) in [7, 11) is 0. The van der Waals surface area contributed by atoms with E-state index in [1.54, 1.807) is 19.1 Å². The minimum absolute atomic E-state index is 0.128. The van der Waals surface area contributed by atoms with Gasteiger partial charge in [0.15, 0.2) is 11.7 Å². The predicted molar refractivity (Wildman–Crippen MR) is 87.9 cm³/mol. The number of esters is 1. The van der Waals surface area contributed by atoms with Crippen LogP contribution in [0.2, 0.25) is 0 Å². The van der Waals surface area contributed by atoms with Crippen LogP contribution in [0.1, 0.15) is 15.4 Å². The Bertz CT molecular complexity index is 697. The number of hydrogen-bond acceptors (Lipinski definition) is 6. The molecule has 0 fully saturated rings. The van der Waals surface area contributed by atoms with E-state index in [2.05, 4.69) is 16.9 Å². The standard InChI is InChI=1S/C16H16N2O4S/c1-3-9-21-15(20)14-11(2)17-16(23-14)18-13(19)10-22-12-7-5-4-6-8-12/h3-8H,1,9-10H2,2H3,(H,17,18,19). The lowest BCUT2D eigenvalue weighted by Gasteiger charge is -2.05. The normalized spacial score (nSPS) is 9.96. The number of nitrogens with zero attached hydrogens (tertiary/aromatic N) is 1. The summed E-state index contributed by atoms with van der Waals surface area (Å²) >= 11 is 1.06. The fourth-order valence-corrected chi connectivity index (χ4v) is 2.54. The second-order valence-corrected chi connectivity index (χ2v) is 5.47. The molecule has 0 aliphatic heterocycles. The highest BCUT2D eigenvalue weighted by Gasteiger charge is 2.17. The maximum atomic E-state index is 11.8. The van der Waals surface area contributed by atoms with E-state index in [0.29, 0.717) is 21.5 Å². The summed E-state index contributed by atoms with van der Waals surface area (Å²) in [6.45, 7) is 5.14. The lowest BCUT2D eigenvalue weighted by molar-refractivity contribution is -0.118. The topological polar surface area (TPSA) is 77.5 Å². The Morgan fingerprint density at radius 2 is 2.09 bits per heavy atom. The smallest absolute Gasteiger partial charge is 0.350 e. The largest absolute Gasteiger partial charge is 0.484 e. The summed E-state index contributed by atoms with van der Waals surface area (Å²) in [6.07, 6.45) is 1.48. The average molecular weight is 332 g/mol. The van der Waals surface area contributed by atoms with Gasteiger partial charge in [0.2, 0.25) is 0 Å². The van der Waals surface area contributed by atoms with Crippen LogP contribution in [0.4, 0.5) is 5.13 Å². The molecule has 0 spiro atoms. The summed E-state index contributed by atoms with van der Waals surface area (Å²) in [5, 5.41) is 2.93. The van der Waals surface area contributed by atoms with Gasteiger partial charge >= 0.3 is 5.97 Å². The van der Waals surface area contributed by atoms with Crippen molar-refractivity contribution in [1.82, 2.24) is 4.98 Å². The van der Waals surface area contributed by atoms with Gasteiger partial charge in [-0.2, -0.15) is 0 Å². The Morgan fingerprint density at radius 3 is 2.78 bits per heavy atom. The number of anilines is 1. The number of aryl methyl sites for hydroxylation is 1. The lowest BCUT2D eigenvalue weighted by atomic mass is 10.3. The number of rotatable bonds is 7. The molecule has 7 heteroatoms. The number of hydrogen-bond donors (Lipinski definition) is 1. The van der Waals surface area contributed by atoms with Gasteiger partial charge in [-0.1, -0.05) is 42.2 Å². The number of benzene rings is 1. The highest BCUT2D eigenvalue weighted by atomic mass is 32.1. The molecule has 6 nitrogen and oxygen atoms in total. The van der Waals surface area contributed by atoms with Gasteiger partial charge in [-0.05, 0) is 19.1 Å². The Hall–Kier alpha value is -2.67. The average Bonchev–Trinajstić information content (AvgIpc) is 2.92. The summed E-state index contributed by atoms with van der Waals surface area (Å²) < 4.78 is 10.3. The minimum atomic E-state index is -0.485. The molecule has 0 bridgehead atoms. The second kappa shape index (κ2) is 8.09. The van der Waals surface area contributed by atoms with Gasteiger partial charge in [0, 0.05) is 0 Å². The second-order valence-electron chi connectivity index (χ2n) is 4.47. The molecule has 1 N–H and O–H groups in total. The predicted octanol–water partition coefficient (Wildman–Crippen LogP) is 2.81. The van der Waals surface area contributed by atoms with Crippen LogP contribution >= 0.6 is 11.3 Å². The van der Waals surface area contributed by atoms with Crippen LogP contribution in [-0.4, -0.2) is 30.1 Å². The van der Waals surface area contributed by atoms with Crippen LogP contribution in [0.15, 0.2) is 43.0 Å². The van der Waals surface area contributed by atoms with Crippen molar-refractivity contribution in [2.24, 2.45) is 0 Å². The molecule has 0 aliphatic rings. The molecular formula is C16H16N2O4S. The Balaban J connectivity index is 1.91. The van der Waals surface area contributed by atoms with Crippen molar-refractivity contribution < 1.29 is 19.1 Å². The van der Waals surface area contributed by atoms with Crippen molar-refractivity contribution in [1.29, 1.82) is 0 Å². The van der Waals surface area contributed by atoms with Gasteiger partial charge in [-0.15, -0.1) is 0 Å². The molecule has 1 aromatic carbocycles. The van der Waals surface area contributed by atoms with E-state index in [4.69, 9.17) is 9.47 Å². The van der Waals surface area contributed by atoms with E-state index >= 15 is 0 Å². The summed E-state index contributed by atoms with van der Waals surface area (Å²) in [5.74, 6) is -0.235. The molecule has 0 radical (unpaired) electrons. The number of carbonyl (C=O) groups excluding carboxylic acids is 2. The number of aromatic nitrogens is 1. The Morgan fingerprint density at radius 1 is 1.35 bits per heavy atom. The molecular weight excluding hydrogens is 316 g/mol. The van der Waals surface area contributed by atoms with Crippen molar-refractivity contribution in [2.75, 3.05) is 18.5 Å². The Kier molecular flexibility index (Phi) is 5.87. The zero-order valence-corrected chi connectivity index (χ0v) is 13.4. The number of para-hydroxylation sites is 1. The molecule has 0 atom stereocenters. The fourth-order valence-electron chi connectivity index (χ4n) is 1.66. The molecule has 0 saturated carbocycles. The molecule has 0 unspecified atom stereocenters. The van der Waals surface area contributed by atoms with Gasteiger partial charge < -0.3 is 9.47 Å². The van der Waals surface area contributed by atoms with Gasteiger partial charge in [-0.3, -0.25) is 10.1 Å². The monoisotopic (exact) mass is 332 g/mol. The van der Waals surface area contributed by atoms with E-state index in [0.717, 1.165) is 11.3 Å². The molecule has 0 aliphatic carbocycles. The first-order valence-electron chi connectivity index (χ1n) is 6.83. The van der Waals surface area contributed by atoms with Crippen molar-refractivity contribution in [3.05, 3.63) is 53.6 Å². The summed E-state index contributed by atoms with van der Waals surface area (Å²) in [5.41, 5.74) is 0.503. The molecule has 2 aromatic rings. The number of carbonyl (C=O) groups is 2. The van der Waals surface area contributed by atoms with E-state index in [-0.39, 0.29) is 19.1 Å². The fraction of sp³-hybridized carbons (Fsp3) is 0.188.